The first-order valence-electron chi connectivity index (χ1n) is 1.96. The molecule has 0 aromatic carbocycles. The Morgan fingerprint density at radius 1 is 1.18 bits per heavy atom. The number of carbonyl (C=O) groups is 2. The Morgan fingerprint density at radius 2 is 1.27 bits per heavy atom. The summed E-state index contributed by atoms with van der Waals surface area (Å²) in [5.41, 5.74) is 4.03. The van der Waals surface area contributed by atoms with Gasteiger partial charge in [0.05, 0.1) is 0 Å². The van der Waals surface area contributed by atoms with Crippen LogP contribution in [-0.4, -0.2) is 26.1 Å². The summed E-state index contributed by atoms with van der Waals surface area (Å²) >= 11 is 14.4. The van der Waals surface area contributed by atoms with Gasteiger partial charge >= 0.3 is 12.1 Å². The lowest BCUT2D eigenvalue weighted by Gasteiger charge is -1.99. The van der Waals surface area contributed by atoms with Crippen molar-refractivity contribution in [2.24, 2.45) is 5.73 Å². The molecule has 0 atom stereocenters. The quantitative estimate of drug-likeness (QED) is 0.536. The van der Waals surface area contributed by atoms with Gasteiger partial charge in [0.15, 0.2) is 0 Å². The van der Waals surface area contributed by atoms with Gasteiger partial charge in [-0.15, -0.1) is 0 Å². The summed E-state index contributed by atoms with van der Waals surface area (Å²) in [6, 6.07) is 0. The molecule has 0 aromatic heterocycles. The molecule has 0 bridgehead atoms. The third kappa shape index (κ3) is 17.7. The highest BCUT2D eigenvalue weighted by molar-refractivity contribution is 6.75. The first-order valence-corrected chi connectivity index (χ1v) is 3.09. The smallest absolute Gasteiger partial charge is 0.402 e. The van der Waals surface area contributed by atoms with E-state index in [1.807, 2.05) is 0 Å². The maximum absolute atomic E-state index is 9.62. The van der Waals surface area contributed by atoms with Gasteiger partial charge in [-0.1, -0.05) is 34.8 Å². The van der Waals surface area contributed by atoms with Gasteiger partial charge in [0.2, 0.25) is 0 Å². The Labute approximate surface area is 76.6 Å². The number of carboxylic acids is 1. The molecular weight excluding hydrogens is 220 g/mol. The fraction of sp³-hybridized carbons (Fsp3) is 0.333. The summed E-state index contributed by atoms with van der Waals surface area (Å²) in [4.78, 5) is 18.4. The number of halogens is 3. The van der Waals surface area contributed by atoms with Crippen molar-refractivity contribution >= 4 is 46.9 Å². The van der Waals surface area contributed by atoms with Crippen LogP contribution in [0.2, 0.25) is 0 Å². The Bertz CT molecular complexity index is 149. The average Bonchev–Trinajstić information content (AvgIpc) is 1.59. The number of aliphatic carboxylic acids is 1. The third-order valence-corrected chi connectivity index (χ3v) is 0.728. The van der Waals surface area contributed by atoms with Crippen LogP contribution in [0.5, 0.6) is 0 Å². The topological polar surface area (TPSA) is 101 Å². The van der Waals surface area contributed by atoms with E-state index in [-0.39, 0.29) is 0 Å². The van der Waals surface area contributed by atoms with Crippen LogP contribution in [-0.2, 0) is 4.79 Å². The predicted octanol–water partition coefficient (Wildman–Crippen LogP) is 1.06. The average molecular weight is 224 g/mol. The lowest BCUT2D eigenvalue weighted by molar-refractivity contribution is -0.135. The number of rotatable bonds is 0. The predicted molar refractivity (Wildman–Crippen MR) is 40.1 cm³/mol. The van der Waals surface area contributed by atoms with E-state index in [2.05, 4.69) is 5.73 Å². The lowest BCUT2D eigenvalue weighted by Crippen LogP contribution is -2.16. The van der Waals surface area contributed by atoms with Crippen LogP contribution >= 0.6 is 34.8 Å². The van der Waals surface area contributed by atoms with E-state index in [1.165, 1.54) is 0 Å². The molecule has 0 radical (unpaired) electrons. The molecule has 0 aliphatic rings. The normalized spacial score (nSPS) is 9.36. The molecule has 0 saturated carbocycles. The van der Waals surface area contributed by atoms with Crippen molar-refractivity contribution in [3.05, 3.63) is 0 Å². The Hall–Kier alpha value is -0.390. The van der Waals surface area contributed by atoms with Crippen LogP contribution in [0.4, 0.5) is 4.79 Å². The zero-order valence-corrected chi connectivity index (χ0v) is 7.19. The minimum atomic E-state index is -2.17. The summed E-state index contributed by atoms with van der Waals surface area (Å²) in [5, 5.41) is 15.0. The zero-order valence-electron chi connectivity index (χ0n) is 4.92. The van der Waals surface area contributed by atoms with E-state index >= 15 is 0 Å². The van der Waals surface area contributed by atoms with Crippen LogP contribution < -0.4 is 5.73 Å². The van der Waals surface area contributed by atoms with Crippen molar-refractivity contribution in [1.82, 2.24) is 0 Å². The molecule has 66 valence electrons. The summed E-state index contributed by atoms with van der Waals surface area (Å²) in [6.45, 7) is 0. The third-order valence-electron chi connectivity index (χ3n) is 0.243. The van der Waals surface area contributed by atoms with E-state index in [0.29, 0.717) is 0 Å². The highest BCUT2D eigenvalue weighted by Gasteiger charge is 2.29. The van der Waals surface area contributed by atoms with E-state index in [4.69, 9.17) is 49.8 Å². The summed E-state index contributed by atoms with van der Waals surface area (Å²) in [6.07, 6.45) is -1.33. The molecule has 1 amide bonds. The molecule has 0 rings (SSSR count). The van der Waals surface area contributed by atoms with Crippen LogP contribution in [0.25, 0.3) is 0 Å². The highest BCUT2D eigenvalue weighted by atomic mass is 35.6. The second kappa shape index (κ2) is 5.29. The van der Waals surface area contributed by atoms with Crippen molar-refractivity contribution in [3.8, 4) is 0 Å². The first kappa shape index (κ1) is 13.2. The summed E-state index contributed by atoms with van der Waals surface area (Å²) in [7, 11) is 0. The fourth-order valence-electron chi connectivity index (χ4n) is 0. The molecule has 11 heavy (non-hydrogen) atoms. The van der Waals surface area contributed by atoms with E-state index in [9.17, 15) is 4.79 Å². The van der Waals surface area contributed by atoms with Crippen LogP contribution in [0, 0.1) is 0 Å². The van der Waals surface area contributed by atoms with E-state index in [1.54, 1.807) is 0 Å². The molecule has 4 N–H and O–H groups in total. The Morgan fingerprint density at radius 3 is 1.27 bits per heavy atom. The fourth-order valence-corrected chi connectivity index (χ4v) is 0. The standard InChI is InChI=1S/C2HCl3O2.CH3NO2/c3-2(4,5)1(6)7;2-1(3)4/h(H,6,7);2H2,(H,3,4). The molecule has 0 aliphatic heterocycles. The second-order valence-electron chi connectivity index (χ2n) is 1.14. The minimum Gasteiger partial charge on any atom is -0.478 e. The Balaban J connectivity index is 0. The molecular formula is C3H4Cl3NO4. The van der Waals surface area contributed by atoms with Crippen molar-refractivity contribution in [2.75, 3.05) is 0 Å². The number of carboxylic acid groups (broad SMARTS) is 2. The number of amides is 1. The van der Waals surface area contributed by atoms with Crippen LogP contribution in [0.1, 0.15) is 0 Å². The van der Waals surface area contributed by atoms with Gasteiger partial charge in [-0.25, -0.2) is 9.59 Å². The number of primary amides is 1. The van der Waals surface area contributed by atoms with Gasteiger partial charge in [0, 0.05) is 0 Å². The maximum Gasteiger partial charge on any atom is 0.402 e. The van der Waals surface area contributed by atoms with E-state index in [0.717, 1.165) is 0 Å². The van der Waals surface area contributed by atoms with Gasteiger partial charge in [0.1, 0.15) is 0 Å². The molecule has 0 aliphatic carbocycles. The van der Waals surface area contributed by atoms with Crippen LogP contribution in [0.15, 0.2) is 0 Å². The van der Waals surface area contributed by atoms with Crippen molar-refractivity contribution < 1.29 is 19.8 Å². The van der Waals surface area contributed by atoms with Crippen molar-refractivity contribution in [3.63, 3.8) is 0 Å². The number of alkyl halides is 3. The summed E-state index contributed by atoms with van der Waals surface area (Å²) < 4.78 is -2.17. The van der Waals surface area contributed by atoms with E-state index < -0.39 is 15.9 Å². The molecule has 0 heterocycles. The molecule has 8 heteroatoms. The first-order chi connectivity index (χ1) is 4.68. The molecule has 0 spiro atoms. The van der Waals surface area contributed by atoms with Gasteiger partial charge < -0.3 is 15.9 Å². The monoisotopic (exact) mass is 223 g/mol. The van der Waals surface area contributed by atoms with Crippen molar-refractivity contribution in [2.45, 2.75) is 3.79 Å². The highest BCUT2D eigenvalue weighted by Crippen LogP contribution is 2.25. The Kier molecular flexibility index (Phi) is 6.35. The van der Waals surface area contributed by atoms with Gasteiger partial charge in [0.25, 0.3) is 3.79 Å². The van der Waals surface area contributed by atoms with Gasteiger partial charge in [-0.3, -0.25) is 0 Å². The molecule has 5 nitrogen and oxygen atoms in total. The number of hydrogen-bond acceptors (Lipinski definition) is 2. The van der Waals surface area contributed by atoms with Crippen LogP contribution in [0.3, 0.4) is 0 Å². The van der Waals surface area contributed by atoms with Crippen molar-refractivity contribution in [1.29, 1.82) is 0 Å². The second-order valence-corrected chi connectivity index (χ2v) is 3.42. The molecule has 0 unspecified atom stereocenters. The zero-order chi connectivity index (χ0) is 9.65. The van der Waals surface area contributed by atoms with Gasteiger partial charge in [-0.2, -0.15) is 0 Å². The molecule has 0 saturated heterocycles. The number of hydrogen-bond donors (Lipinski definition) is 3. The maximum atomic E-state index is 9.62. The van der Waals surface area contributed by atoms with Gasteiger partial charge in [-0.05, 0) is 0 Å². The summed E-state index contributed by atoms with van der Waals surface area (Å²) in [5.74, 6) is -1.46. The number of nitrogens with two attached hydrogens (primary N) is 1. The molecule has 0 fully saturated rings. The largest absolute Gasteiger partial charge is 0.478 e. The molecule has 0 aromatic rings. The lowest BCUT2D eigenvalue weighted by atomic mass is 10.8. The SMILES string of the molecule is NC(=O)O.O=C(O)C(Cl)(Cl)Cl. The minimum absolute atomic E-state index is 1.33.